The molecule has 0 radical (unpaired) electrons. The fourth-order valence-corrected chi connectivity index (χ4v) is 2.76. The van der Waals surface area contributed by atoms with Gasteiger partial charge in [-0.3, -0.25) is 4.79 Å². The highest BCUT2D eigenvalue weighted by molar-refractivity contribution is 9.10. The summed E-state index contributed by atoms with van der Waals surface area (Å²) in [7, 11) is -2.50. The van der Waals surface area contributed by atoms with E-state index in [2.05, 4.69) is 21.2 Å². The van der Waals surface area contributed by atoms with Crippen molar-refractivity contribution in [2.75, 3.05) is 5.32 Å². The number of halogens is 3. The molecule has 3 N–H and O–H groups in total. The minimum absolute atomic E-state index is 0.00845. The third kappa shape index (κ3) is 3.34. The number of primary sulfonamides is 1. The number of nitrogens with two attached hydrogens (primary N) is 1. The summed E-state index contributed by atoms with van der Waals surface area (Å²) in [4.78, 5) is 11.9. The molecule has 0 saturated heterocycles. The Morgan fingerprint density at radius 1 is 1.32 bits per heavy atom. The van der Waals surface area contributed by atoms with Crippen LogP contribution in [0.25, 0.3) is 0 Å². The van der Waals surface area contributed by atoms with Crippen LogP contribution in [0.4, 0.5) is 14.5 Å². The number of amides is 1. The number of hydrogen-bond donors (Lipinski definition) is 2. The molecule has 0 fully saturated rings. The Morgan fingerprint density at radius 3 is 2.45 bits per heavy atom. The van der Waals surface area contributed by atoms with Crippen molar-refractivity contribution >= 4 is 37.5 Å². The predicted octanol–water partition coefficient (Wildman–Crippen LogP) is 1.97. The van der Waals surface area contributed by atoms with Crippen molar-refractivity contribution in [1.82, 2.24) is 4.57 Å². The minimum Gasteiger partial charge on any atom is -0.345 e. The van der Waals surface area contributed by atoms with Crippen molar-refractivity contribution in [2.45, 2.75) is 4.90 Å². The molecule has 1 aromatic heterocycles. The van der Waals surface area contributed by atoms with Crippen LogP contribution in [0.1, 0.15) is 10.5 Å². The lowest BCUT2D eigenvalue weighted by atomic mass is 10.3. The van der Waals surface area contributed by atoms with E-state index >= 15 is 0 Å². The Morgan fingerprint density at radius 2 is 1.95 bits per heavy atom. The summed E-state index contributed by atoms with van der Waals surface area (Å²) in [5.41, 5.74) is -0.000916. The van der Waals surface area contributed by atoms with E-state index in [0.717, 1.165) is 12.1 Å². The Bertz CT molecular complexity index is 841. The molecular weight excluding hydrogens is 384 g/mol. The van der Waals surface area contributed by atoms with E-state index in [9.17, 15) is 22.0 Å². The summed E-state index contributed by atoms with van der Waals surface area (Å²) in [5, 5.41) is 7.32. The Hall–Kier alpha value is -1.78. The first-order valence-electron chi connectivity index (χ1n) is 5.74. The van der Waals surface area contributed by atoms with E-state index in [1.807, 2.05) is 0 Å². The van der Waals surface area contributed by atoms with Crippen LogP contribution in [0.2, 0.25) is 0 Å². The Labute approximate surface area is 133 Å². The highest BCUT2D eigenvalue weighted by atomic mass is 79.9. The third-order valence-corrected chi connectivity index (χ3v) is 4.24. The standard InChI is InChI=1S/C12H10BrF2N3O3S/c1-18-5-7(22(16,20)21)4-10(18)12(19)17-6-2-8(13)11(15)9(14)3-6/h2-5H,1H3,(H,17,19)(H2,16,20,21). The van der Waals surface area contributed by atoms with Crippen molar-refractivity contribution in [2.24, 2.45) is 12.2 Å². The average Bonchev–Trinajstić information content (AvgIpc) is 2.78. The van der Waals surface area contributed by atoms with Crippen molar-refractivity contribution in [1.29, 1.82) is 0 Å². The number of benzene rings is 1. The minimum atomic E-state index is -3.95. The summed E-state index contributed by atoms with van der Waals surface area (Å²) in [6.45, 7) is 0. The van der Waals surface area contributed by atoms with Gasteiger partial charge >= 0.3 is 0 Å². The van der Waals surface area contributed by atoms with Crippen molar-refractivity contribution in [3.63, 3.8) is 0 Å². The molecule has 1 aromatic carbocycles. The zero-order chi connectivity index (χ0) is 16.7. The summed E-state index contributed by atoms with van der Waals surface area (Å²) in [6.07, 6.45) is 1.17. The molecule has 0 unspecified atom stereocenters. The summed E-state index contributed by atoms with van der Waals surface area (Å²) >= 11 is 2.82. The number of anilines is 1. The molecule has 2 rings (SSSR count). The molecule has 0 spiro atoms. The quantitative estimate of drug-likeness (QED) is 0.780. The van der Waals surface area contributed by atoms with Gasteiger partial charge in [-0.15, -0.1) is 0 Å². The summed E-state index contributed by atoms with van der Waals surface area (Å²) < 4.78 is 50.0. The van der Waals surface area contributed by atoms with Gasteiger partial charge in [0, 0.05) is 25.0 Å². The van der Waals surface area contributed by atoms with Gasteiger partial charge in [-0.1, -0.05) is 0 Å². The first kappa shape index (κ1) is 16.6. The van der Waals surface area contributed by atoms with Crippen LogP contribution in [-0.2, 0) is 17.1 Å². The molecule has 1 amide bonds. The van der Waals surface area contributed by atoms with Gasteiger partial charge in [0.1, 0.15) is 10.6 Å². The highest BCUT2D eigenvalue weighted by Crippen LogP contribution is 2.24. The van der Waals surface area contributed by atoms with Crippen LogP contribution < -0.4 is 10.5 Å². The second kappa shape index (κ2) is 5.78. The summed E-state index contributed by atoms with van der Waals surface area (Å²) in [6, 6.07) is 3.07. The fourth-order valence-electron chi connectivity index (χ4n) is 1.74. The van der Waals surface area contributed by atoms with E-state index in [4.69, 9.17) is 5.14 Å². The number of hydrogen-bond acceptors (Lipinski definition) is 3. The maximum Gasteiger partial charge on any atom is 0.272 e. The zero-order valence-corrected chi connectivity index (χ0v) is 13.5. The van der Waals surface area contributed by atoms with Crippen LogP contribution in [-0.4, -0.2) is 18.9 Å². The van der Waals surface area contributed by atoms with Gasteiger partial charge < -0.3 is 9.88 Å². The van der Waals surface area contributed by atoms with E-state index in [1.165, 1.54) is 23.9 Å². The van der Waals surface area contributed by atoms with Gasteiger partial charge in [-0.05, 0) is 28.1 Å². The monoisotopic (exact) mass is 393 g/mol. The predicted molar refractivity (Wildman–Crippen MR) is 78.8 cm³/mol. The van der Waals surface area contributed by atoms with Gasteiger partial charge in [0.25, 0.3) is 5.91 Å². The van der Waals surface area contributed by atoms with Crippen LogP contribution >= 0.6 is 15.9 Å². The highest BCUT2D eigenvalue weighted by Gasteiger charge is 2.18. The number of aromatic nitrogens is 1. The molecule has 0 aliphatic heterocycles. The van der Waals surface area contributed by atoms with Crippen LogP contribution in [0.15, 0.2) is 33.8 Å². The van der Waals surface area contributed by atoms with Crippen molar-refractivity contribution in [3.05, 3.63) is 46.2 Å². The third-order valence-electron chi connectivity index (χ3n) is 2.78. The molecular formula is C12H10BrF2N3O3S. The molecule has 0 bridgehead atoms. The topological polar surface area (TPSA) is 94.2 Å². The zero-order valence-electron chi connectivity index (χ0n) is 11.1. The van der Waals surface area contributed by atoms with E-state index in [1.54, 1.807) is 0 Å². The largest absolute Gasteiger partial charge is 0.345 e. The van der Waals surface area contributed by atoms with Gasteiger partial charge in [-0.2, -0.15) is 0 Å². The molecule has 0 aliphatic carbocycles. The SMILES string of the molecule is Cn1cc(S(N)(=O)=O)cc1C(=O)Nc1cc(F)c(F)c(Br)c1. The first-order valence-corrected chi connectivity index (χ1v) is 8.08. The van der Waals surface area contributed by atoms with E-state index in [-0.39, 0.29) is 20.7 Å². The number of aryl methyl sites for hydroxylation is 1. The van der Waals surface area contributed by atoms with Crippen molar-refractivity contribution < 1.29 is 22.0 Å². The van der Waals surface area contributed by atoms with Crippen LogP contribution in [0.5, 0.6) is 0 Å². The molecule has 118 valence electrons. The van der Waals surface area contributed by atoms with E-state index in [0.29, 0.717) is 0 Å². The number of rotatable bonds is 3. The molecule has 0 atom stereocenters. The molecule has 2 aromatic rings. The second-order valence-electron chi connectivity index (χ2n) is 4.42. The lowest BCUT2D eigenvalue weighted by Gasteiger charge is -2.07. The molecule has 1 heterocycles. The summed E-state index contributed by atoms with van der Waals surface area (Å²) in [5.74, 6) is -2.91. The maximum atomic E-state index is 13.3. The van der Waals surface area contributed by atoms with Gasteiger partial charge in [-0.25, -0.2) is 22.3 Å². The fraction of sp³-hybridized carbons (Fsp3) is 0.0833. The first-order chi connectivity index (χ1) is 10.1. The number of nitrogens with zero attached hydrogens (tertiary/aromatic N) is 1. The lowest BCUT2D eigenvalue weighted by Crippen LogP contribution is -2.15. The smallest absolute Gasteiger partial charge is 0.272 e. The molecule has 6 nitrogen and oxygen atoms in total. The molecule has 22 heavy (non-hydrogen) atoms. The Kier molecular flexibility index (Phi) is 4.36. The number of carbonyl (C=O) groups is 1. The average molecular weight is 394 g/mol. The lowest BCUT2D eigenvalue weighted by molar-refractivity contribution is 0.101. The second-order valence-corrected chi connectivity index (χ2v) is 6.84. The molecule has 0 aliphatic rings. The molecule has 10 heteroatoms. The normalized spacial score (nSPS) is 11.5. The number of carbonyl (C=O) groups excluding carboxylic acids is 1. The van der Waals surface area contributed by atoms with Gasteiger partial charge in [0.2, 0.25) is 10.0 Å². The van der Waals surface area contributed by atoms with Crippen LogP contribution in [0, 0.1) is 11.6 Å². The van der Waals surface area contributed by atoms with Gasteiger partial charge in [0.05, 0.1) is 4.47 Å². The molecule has 0 saturated carbocycles. The Balaban J connectivity index is 2.32. The maximum absolute atomic E-state index is 13.3. The van der Waals surface area contributed by atoms with Gasteiger partial charge in [0.15, 0.2) is 11.6 Å². The van der Waals surface area contributed by atoms with E-state index < -0.39 is 27.6 Å². The number of nitrogens with one attached hydrogen (secondary N) is 1. The number of sulfonamides is 1. The van der Waals surface area contributed by atoms with Crippen LogP contribution in [0.3, 0.4) is 0 Å². The van der Waals surface area contributed by atoms with Crippen molar-refractivity contribution in [3.8, 4) is 0 Å².